The summed E-state index contributed by atoms with van der Waals surface area (Å²) in [7, 11) is 3.99. The quantitative estimate of drug-likeness (QED) is 0.797. The summed E-state index contributed by atoms with van der Waals surface area (Å²) in [6, 6.07) is 0. The van der Waals surface area contributed by atoms with Crippen molar-refractivity contribution >= 4 is 11.6 Å². The van der Waals surface area contributed by atoms with Crippen molar-refractivity contribution in [3.05, 3.63) is 11.9 Å². The van der Waals surface area contributed by atoms with Crippen LogP contribution in [0, 0.1) is 0 Å². The van der Waals surface area contributed by atoms with Crippen molar-refractivity contribution in [1.29, 1.82) is 0 Å². The zero-order chi connectivity index (χ0) is 14.4. The highest BCUT2D eigenvalue weighted by Gasteiger charge is 2.20. The molecule has 0 unspecified atom stereocenters. The lowest BCUT2D eigenvalue weighted by Gasteiger charge is -2.23. The van der Waals surface area contributed by atoms with Crippen LogP contribution in [0.25, 0.3) is 0 Å². The summed E-state index contributed by atoms with van der Waals surface area (Å²) < 4.78 is 1.69. The average Bonchev–Trinajstić information content (AvgIpc) is 2.74. The van der Waals surface area contributed by atoms with Crippen LogP contribution < -0.4 is 5.73 Å². The number of nitrogens with zero attached hydrogens (tertiary/aromatic N) is 4. The second-order valence-corrected chi connectivity index (χ2v) is 4.88. The van der Waals surface area contributed by atoms with E-state index in [1.54, 1.807) is 10.9 Å². The molecule has 6 nitrogen and oxygen atoms in total. The van der Waals surface area contributed by atoms with Crippen molar-refractivity contribution < 1.29 is 4.79 Å². The molecule has 0 fully saturated rings. The van der Waals surface area contributed by atoms with Crippen molar-refractivity contribution in [2.75, 3.05) is 39.5 Å². The van der Waals surface area contributed by atoms with Crippen molar-refractivity contribution in [3.8, 4) is 0 Å². The van der Waals surface area contributed by atoms with Gasteiger partial charge in [0, 0.05) is 32.4 Å². The number of amides is 1. The molecule has 0 spiro atoms. The fourth-order valence-electron chi connectivity index (χ4n) is 1.82. The van der Waals surface area contributed by atoms with E-state index >= 15 is 0 Å². The Morgan fingerprint density at radius 2 is 2.00 bits per heavy atom. The lowest BCUT2D eigenvalue weighted by molar-refractivity contribution is 0.0739. The first-order valence-corrected chi connectivity index (χ1v) is 6.76. The highest BCUT2D eigenvalue weighted by molar-refractivity contribution is 5.97. The van der Waals surface area contributed by atoms with Gasteiger partial charge in [0.1, 0.15) is 0 Å². The Morgan fingerprint density at radius 3 is 2.47 bits per heavy atom. The van der Waals surface area contributed by atoms with Gasteiger partial charge in [0.05, 0.1) is 5.69 Å². The van der Waals surface area contributed by atoms with Gasteiger partial charge in [-0.05, 0) is 27.4 Å². The Balaban J connectivity index is 2.82. The van der Waals surface area contributed by atoms with Crippen LogP contribution in [-0.4, -0.2) is 59.2 Å². The molecule has 2 N–H and O–H groups in total. The number of nitrogens with two attached hydrogens (primary N) is 1. The van der Waals surface area contributed by atoms with E-state index in [1.165, 1.54) is 0 Å². The van der Waals surface area contributed by atoms with Crippen LogP contribution in [0.15, 0.2) is 6.20 Å². The van der Waals surface area contributed by atoms with Gasteiger partial charge in [-0.2, -0.15) is 5.10 Å². The monoisotopic (exact) mass is 267 g/mol. The van der Waals surface area contributed by atoms with Gasteiger partial charge in [-0.25, -0.2) is 0 Å². The standard InChI is InChI=1S/C13H25N5O/c1-5-7-17(9-8-16(3)4)13(19)12-11(14)10-18(6-2)15-12/h10H,5-9,14H2,1-4H3. The van der Waals surface area contributed by atoms with Gasteiger partial charge in [0.2, 0.25) is 0 Å². The molecule has 1 heterocycles. The average molecular weight is 267 g/mol. The number of aryl methyl sites for hydroxylation is 1. The minimum absolute atomic E-state index is 0.0756. The van der Waals surface area contributed by atoms with Crippen LogP contribution in [0.1, 0.15) is 30.8 Å². The summed E-state index contributed by atoms with van der Waals surface area (Å²) in [4.78, 5) is 16.3. The molecule has 6 heteroatoms. The number of hydrogen-bond acceptors (Lipinski definition) is 4. The van der Waals surface area contributed by atoms with Crippen LogP contribution in [0.3, 0.4) is 0 Å². The number of carbonyl (C=O) groups is 1. The number of hydrogen-bond donors (Lipinski definition) is 1. The molecule has 0 aliphatic rings. The molecule has 1 amide bonds. The van der Waals surface area contributed by atoms with E-state index in [4.69, 9.17) is 5.73 Å². The Kier molecular flexibility index (Phi) is 5.82. The molecular formula is C13H25N5O. The van der Waals surface area contributed by atoms with Gasteiger partial charge in [-0.15, -0.1) is 0 Å². The Morgan fingerprint density at radius 1 is 1.32 bits per heavy atom. The Labute approximate surface area is 115 Å². The normalized spacial score (nSPS) is 11.0. The summed E-state index contributed by atoms with van der Waals surface area (Å²) in [5, 5.41) is 4.25. The molecule has 0 aromatic carbocycles. The maximum Gasteiger partial charge on any atom is 0.276 e. The largest absolute Gasteiger partial charge is 0.396 e. The molecule has 0 saturated heterocycles. The second-order valence-electron chi connectivity index (χ2n) is 4.88. The van der Waals surface area contributed by atoms with E-state index < -0.39 is 0 Å². The molecule has 1 aromatic rings. The van der Waals surface area contributed by atoms with Crippen molar-refractivity contribution in [3.63, 3.8) is 0 Å². The van der Waals surface area contributed by atoms with E-state index in [0.29, 0.717) is 24.5 Å². The molecule has 0 aliphatic heterocycles. The highest BCUT2D eigenvalue weighted by atomic mass is 16.2. The molecule has 1 rings (SSSR count). The number of anilines is 1. The summed E-state index contributed by atoms with van der Waals surface area (Å²) >= 11 is 0. The maximum absolute atomic E-state index is 12.4. The maximum atomic E-state index is 12.4. The van der Waals surface area contributed by atoms with E-state index in [0.717, 1.165) is 19.5 Å². The van der Waals surface area contributed by atoms with E-state index in [-0.39, 0.29) is 5.91 Å². The number of carbonyl (C=O) groups excluding carboxylic acids is 1. The second kappa shape index (κ2) is 7.13. The Hall–Kier alpha value is -1.56. The van der Waals surface area contributed by atoms with E-state index in [1.807, 2.05) is 25.9 Å². The van der Waals surface area contributed by atoms with Gasteiger partial charge in [0.25, 0.3) is 5.91 Å². The van der Waals surface area contributed by atoms with Crippen molar-refractivity contribution in [2.24, 2.45) is 0 Å². The van der Waals surface area contributed by atoms with Crippen molar-refractivity contribution in [1.82, 2.24) is 19.6 Å². The first kappa shape index (κ1) is 15.5. The van der Waals surface area contributed by atoms with Gasteiger partial charge in [0.15, 0.2) is 5.69 Å². The van der Waals surface area contributed by atoms with Crippen LogP contribution in [0.2, 0.25) is 0 Å². The molecule has 1 aromatic heterocycles. The molecule has 0 saturated carbocycles. The van der Waals surface area contributed by atoms with E-state index in [2.05, 4.69) is 16.9 Å². The van der Waals surface area contributed by atoms with Crippen LogP contribution in [-0.2, 0) is 6.54 Å². The third-order valence-electron chi connectivity index (χ3n) is 2.91. The zero-order valence-electron chi connectivity index (χ0n) is 12.4. The number of likely N-dealkylation sites (N-methyl/N-ethyl adjacent to an activating group) is 1. The number of rotatable bonds is 7. The molecule has 0 atom stereocenters. The van der Waals surface area contributed by atoms with E-state index in [9.17, 15) is 4.79 Å². The first-order valence-electron chi connectivity index (χ1n) is 6.76. The zero-order valence-corrected chi connectivity index (χ0v) is 12.4. The third-order valence-corrected chi connectivity index (χ3v) is 2.91. The summed E-state index contributed by atoms with van der Waals surface area (Å²) in [5.74, 6) is -0.0756. The molecule has 0 bridgehead atoms. The SMILES string of the molecule is CCCN(CCN(C)C)C(=O)c1nn(CC)cc1N. The molecule has 108 valence electrons. The van der Waals surface area contributed by atoms with Crippen LogP contribution in [0.5, 0.6) is 0 Å². The first-order chi connectivity index (χ1) is 8.99. The van der Waals surface area contributed by atoms with Crippen LogP contribution in [0.4, 0.5) is 5.69 Å². The molecule has 19 heavy (non-hydrogen) atoms. The van der Waals surface area contributed by atoms with Gasteiger partial charge < -0.3 is 15.5 Å². The summed E-state index contributed by atoms with van der Waals surface area (Å²) in [6.45, 7) is 6.99. The molecular weight excluding hydrogens is 242 g/mol. The number of nitrogen functional groups attached to an aromatic ring is 1. The fourth-order valence-corrected chi connectivity index (χ4v) is 1.82. The topological polar surface area (TPSA) is 67.4 Å². The predicted octanol–water partition coefficient (Wildman–Crippen LogP) is 0.899. The van der Waals surface area contributed by atoms with Gasteiger partial charge in [-0.3, -0.25) is 9.48 Å². The van der Waals surface area contributed by atoms with Crippen LogP contribution >= 0.6 is 0 Å². The minimum atomic E-state index is -0.0756. The Bertz CT molecular complexity index is 413. The minimum Gasteiger partial charge on any atom is -0.396 e. The predicted molar refractivity (Wildman–Crippen MR) is 77.1 cm³/mol. The lowest BCUT2D eigenvalue weighted by Crippen LogP contribution is -2.37. The van der Waals surface area contributed by atoms with Gasteiger partial charge in [-0.1, -0.05) is 6.92 Å². The third kappa shape index (κ3) is 4.24. The summed E-state index contributed by atoms with van der Waals surface area (Å²) in [5.41, 5.74) is 6.69. The molecule has 0 aliphatic carbocycles. The lowest BCUT2D eigenvalue weighted by atomic mass is 10.3. The fraction of sp³-hybridized carbons (Fsp3) is 0.692. The molecule has 0 radical (unpaired) electrons. The van der Waals surface area contributed by atoms with Gasteiger partial charge >= 0.3 is 0 Å². The van der Waals surface area contributed by atoms with Crippen molar-refractivity contribution in [2.45, 2.75) is 26.8 Å². The highest BCUT2D eigenvalue weighted by Crippen LogP contribution is 2.12. The number of aromatic nitrogens is 2. The smallest absolute Gasteiger partial charge is 0.276 e. The summed E-state index contributed by atoms with van der Waals surface area (Å²) in [6.07, 6.45) is 2.64.